The molecule has 0 bridgehead atoms. The van der Waals surface area contributed by atoms with Crippen molar-refractivity contribution in [2.75, 3.05) is 18.6 Å². The quantitative estimate of drug-likeness (QED) is 0.589. The lowest BCUT2D eigenvalue weighted by Crippen LogP contribution is -2.18. The van der Waals surface area contributed by atoms with Crippen molar-refractivity contribution in [1.82, 2.24) is 4.57 Å². The minimum atomic E-state index is -0.117. The third-order valence-corrected chi connectivity index (χ3v) is 5.81. The van der Waals surface area contributed by atoms with Gasteiger partial charge in [-0.3, -0.25) is 4.79 Å². The first-order valence-electron chi connectivity index (χ1n) is 8.99. The molecule has 27 heavy (non-hydrogen) atoms. The molecule has 142 valence electrons. The normalized spacial score (nSPS) is 11.9. The van der Waals surface area contributed by atoms with E-state index in [2.05, 4.69) is 21.9 Å². The van der Waals surface area contributed by atoms with Crippen molar-refractivity contribution in [1.29, 1.82) is 0 Å². The second-order valence-electron chi connectivity index (χ2n) is 6.26. The van der Waals surface area contributed by atoms with Gasteiger partial charge in [-0.05, 0) is 43.9 Å². The Kier molecular flexibility index (Phi) is 6.74. The maximum Gasteiger partial charge on any atom is 0.252 e. The summed E-state index contributed by atoms with van der Waals surface area (Å²) in [4.78, 5) is 17.7. The molecule has 0 saturated carbocycles. The third-order valence-electron chi connectivity index (χ3n) is 4.18. The van der Waals surface area contributed by atoms with E-state index in [1.165, 1.54) is 5.56 Å². The average Bonchev–Trinajstić information content (AvgIpc) is 2.98. The number of hydrogen-bond donors (Lipinski definition) is 0. The Hall–Kier alpha value is -2.05. The van der Waals surface area contributed by atoms with Crippen molar-refractivity contribution < 1.29 is 9.53 Å². The zero-order valence-electron chi connectivity index (χ0n) is 15.9. The van der Waals surface area contributed by atoms with E-state index in [1.54, 1.807) is 23.1 Å². The lowest BCUT2D eigenvalue weighted by Gasteiger charge is -2.05. The van der Waals surface area contributed by atoms with Gasteiger partial charge in [-0.2, -0.15) is 16.8 Å². The summed E-state index contributed by atoms with van der Waals surface area (Å²) in [6, 6.07) is 14.1. The smallest absolute Gasteiger partial charge is 0.252 e. The molecule has 6 heteroatoms. The molecular formula is C21H24N2O2S2. The number of carbonyl (C=O) groups excluding carboxylic acids is 1. The van der Waals surface area contributed by atoms with Crippen LogP contribution < -0.4 is 9.54 Å². The molecule has 0 N–H and O–H groups in total. The maximum atomic E-state index is 12.5. The van der Waals surface area contributed by atoms with Crippen LogP contribution in [0.1, 0.15) is 18.1 Å². The van der Waals surface area contributed by atoms with Gasteiger partial charge < -0.3 is 9.30 Å². The summed E-state index contributed by atoms with van der Waals surface area (Å²) in [7, 11) is 0. The van der Waals surface area contributed by atoms with Gasteiger partial charge in [-0.1, -0.05) is 41.2 Å². The fourth-order valence-electron chi connectivity index (χ4n) is 2.82. The van der Waals surface area contributed by atoms with Crippen molar-refractivity contribution >= 4 is 39.2 Å². The SMILES string of the molecule is CCOc1ccc2c(c1)sc(=NC(=O)Cc1ccc(C)cc1)n2CCSC. The lowest BCUT2D eigenvalue weighted by molar-refractivity contribution is -0.117. The van der Waals surface area contributed by atoms with Gasteiger partial charge in [-0.25, -0.2) is 0 Å². The van der Waals surface area contributed by atoms with Crippen LogP contribution >= 0.6 is 23.1 Å². The van der Waals surface area contributed by atoms with Crippen molar-refractivity contribution in [3.63, 3.8) is 0 Å². The molecule has 1 amide bonds. The predicted molar refractivity (Wildman–Crippen MR) is 115 cm³/mol. The van der Waals surface area contributed by atoms with Gasteiger partial charge in [0.2, 0.25) is 0 Å². The number of aromatic nitrogens is 1. The molecule has 0 aliphatic carbocycles. The second kappa shape index (κ2) is 9.24. The van der Waals surface area contributed by atoms with E-state index in [1.807, 2.05) is 50.2 Å². The summed E-state index contributed by atoms with van der Waals surface area (Å²) in [6.45, 7) is 5.47. The van der Waals surface area contributed by atoms with E-state index in [0.29, 0.717) is 13.0 Å². The Bertz CT molecular complexity index is 988. The number of thiazole rings is 1. The molecule has 0 radical (unpaired) electrons. The molecule has 4 nitrogen and oxygen atoms in total. The number of aryl methyl sites for hydroxylation is 2. The first-order chi connectivity index (χ1) is 13.1. The van der Waals surface area contributed by atoms with Gasteiger partial charge in [0.05, 0.1) is 23.2 Å². The Balaban J connectivity index is 1.95. The van der Waals surface area contributed by atoms with E-state index in [9.17, 15) is 4.79 Å². The van der Waals surface area contributed by atoms with Gasteiger partial charge >= 0.3 is 0 Å². The summed E-state index contributed by atoms with van der Waals surface area (Å²) < 4.78 is 8.83. The minimum Gasteiger partial charge on any atom is -0.494 e. The van der Waals surface area contributed by atoms with Crippen LogP contribution in [0.4, 0.5) is 0 Å². The van der Waals surface area contributed by atoms with Crippen LogP contribution in [0.15, 0.2) is 47.5 Å². The standard InChI is InChI=1S/C21H24N2O2S2/c1-4-25-17-9-10-18-19(14-17)27-21(23(18)11-12-26-3)22-20(24)13-16-7-5-15(2)6-8-16/h5-10,14H,4,11-13H2,1-3H3. The summed E-state index contributed by atoms with van der Waals surface area (Å²) in [5.41, 5.74) is 3.27. The monoisotopic (exact) mass is 400 g/mol. The molecule has 1 aromatic heterocycles. The summed E-state index contributed by atoms with van der Waals surface area (Å²) >= 11 is 3.33. The topological polar surface area (TPSA) is 43.6 Å². The molecule has 0 fully saturated rings. The van der Waals surface area contributed by atoms with Gasteiger partial charge in [-0.15, -0.1) is 0 Å². The van der Waals surface area contributed by atoms with Crippen molar-refractivity contribution in [3.05, 3.63) is 58.4 Å². The number of benzene rings is 2. The van der Waals surface area contributed by atoms with Crippen LogP contribution in [0.3, 0.4) is 0 Å². The second-order valence-corrected chi connectivity index (χ2v) is 8.25. The number of fused-ring (bicyclic) bond motifs is 1. The molecule has 1 heterocycles. The molecule has 3 aromatic rings. The lowest BCUT2D eigenvalue weighted by atomic mass is 10.1. The molecule has 2 aromatic carbocycles. The van der Waals surface area contributed by atoms with Crippen LogP contribution in [-0.2, 0) is 17.8 Å². The minimum absolute atomic E-state index is 0.117. The molecule has 0 aliphatic heterocycles. The number of thioether (sulfide) groups is 1. The van der Waals surface area contributed by atoms with Gasteiger partial charge in [0.25, 0.3) is 5.91 Å². The number of hydrogen-bond acceptors (Lipinski definition) is 4. The van der Waals surface area contributed by atoms with Crippen molar-refractivity contribution in [2.45, 2.75) is 26.8 Å². The number of nitrogens with zero attached hydrogens (tertiary/aromatic N) is 2. The van der Waals surface area contributed by atoms with E-state index < -0.39 is 0 Å². The number of ether oxygens (including phenoxy) is 1. The zero-order chi connectivity index (χ0) is 19.2. The van der Waals surface area contributed by atoms with Crippen molar-refractivity contribution in [3.8, 4) is 5.75 Å². The largest absolute Gasteiger partial charge is 0.494 e. The van der Waals surface area contributed by atoms with Crippen LogP contribution in [0.2, 0.25) is 0 Å². The molecular weight excluding hydrogens is 376 g/mol. The molecule has 0 saturated heterocycles. The first kappa shape index (κ1) is 19.7. The van der Waals surface area contributed by atoms with Crippen LogP contribution in [0.25, 0.3) is 10.2 Å². The van der Waals surface area contributed by atoms with E-state index in [-0.39, 0.29) is 5.91 Å². The van der Waals surface area contributed by atoms with Crippen LogP contribution in [-0.4, -0.2) is 29.1 Å². The van der Waals surface area contributed by atoms with Crippen LogP contribution in [0, 0.1) is 6.92 Å². The number of amides is 1. The van der Waals surface area contributed by atoms with Crippen molar-refractivity contribution in [2.24, 2.45) is 4.99 Å². The van der Waals surface area contributed by atoms with E-state index >= 15 is 0 Å². The number of carbonyl (C=O) groups is 1. The first-order valence-corrected chi connectivity index (χ1v) is 11.2. The van der Waals surface area contributed by atoms with E-state index in [4.69, 9.17) is 4.74 Å². The average molecular weight is 401 g/mol. The molecule has 0 spiro atoms. The Morgan fingerprint density at radius 2 is 2.00 bits per heavy atom. The summed E-state index contributed by atoms with van der Waals surface area (Å²) in [6.07, 6.45) is 2.41. The summed E-state index contributed by atoms with van der Waals surface area (Å²) in [5.74, 6) is 1.70. The van der Waals surface area contributed by atoms with E-state index in [0.717, 1.165) is 38.6 Å². The molecule has 3 rings (SSSR count). The van der Waals surface area contributed by atoms with Gasteiger partial charge in [0.1, 0.15) is 5.75 Å². The Morgan fingerprint density at radius 1 is 1.22 bits per heavy atom. The van der Waals surface area contributed by atoms with Gasteiger partial charge in [0.15, 0.2) is 4.80 Å². The highest BCUT2D eigenvalue weighted by atomic mass is 32.2. The third kappa shape index (κ3) is 5.02. The highest BCUT2D eigenvalue weighted by Gasteiger charge is 2.10. The maximum absolute atomic E-state index is 12.5. The predicted octanol–water partition coefficient (Wildman–Crippen LogP) is 4.44. The Labute approximate surface area is 167 Å². The van der Waals surface area contributed by atoms with Gasteiger partial charge in [0, 0.05) is 12.3 Å². The molecule has 0 unspecified atom stereocenters. The number of rotatable bonds is 7. The Morgan fingerprint density at radius 3 is 2.70 bits per heavy atom. The highest BCUT2D eigenvalue weighted by Crippen LogP contribution is 2.23. The summed E-state index contributed by atoms with van der Waals surface area (Å²) in [5, 5.41) is 0. The fraction of sp³-hybridized carbons (Fsp3) is 0.333. The fourth-order valence-corrected chi connectivity index (χ4v) is 4.29. The highest BCUT2D eigenvalue weighted by molar-refractivity contribution is 7.98. The zero-order valence-corrected chi connectivity index (χ0v) is 17.5. The molecule has 0 atom stereocenters. The van der Waals surface area contributed by atoms with Crippen LogP contribution in [0.5, 0.6) is 5.75 Å². The molecule has 0 aliphatic rings.